The first kappa shape index (κ1) is 39.0. The van der Waals surface area contributed by atoms with E-state index in [0.717, 1.165) is 44.9 Å². The predicted octanol–water partition coefficient (Wildman–Crippen LogP) is 0.477. The molecule has 8 rings (SSSR count). The largest absolute Gasteiger partial charge is 0.394 e. The molecule has 21 atom stereocenters. The van der Waals surface area contributed by atoms with E-state index >= 15 is 0 Å². The monoisotopic (exact) mass is 754 g/mol. The van der Waals surface area contributed by atoms with Gasteiger partial charge in [0.1, 0.15) is 54.4 Å². The van der Waals surface area contributed by atoms with E-state index in [1.807, 2.05) is 0 Å². The number of rotatable bonds is 6. The summed E-state index contributed by atoms with van der Waals surface area (Å²) in [6, 6.07) is 0. The van der Waals surface area contributed by atoms with Gasteiger partial charge in [0, 0.05) is 17.8 Å². The van der Waals surface area contributed by atoms with Crippen LogP contribution >= 0.6 is 0 Å². The Morgan fingerprint density at radius 3 is 2.19 bits per heavy atom. The second-order valence-corrected chi connectivity index (χ2v) is 18.4. The molecule has 4 aliphatic carbocycles. The Morgan fingerprint density at radius 2 is 1.49 bits per heavy atom. The van der Waals surface area contributed by atoms with Crippen LogP contribution in [0.1, 0.15) is 85.5 Å². The first-order chi connectivity index (χ1) is 25.1. The molecule has 14 heteroatoms. The predicted molar refractivity (Wildman–Crippen MR) is 184 cm³/mol. The van der Waals surface area contributed by atoms with Crippen LogP contribution in [-0.4, -0.2) is 146 Å². The minimum absolute atomic E-state index is 0.0374. The molecule has 4 aliphatic heterocycles. The summed E-state index contributed by atoms with van der Waals surface area (Å²) in [7, 11) is 0. The average Bonchev–Trinajstić information content (AvgIpc) is 3.50. The van der Waals surface area contributed by atoms with E-state index in [2.05, 4.69) is 33.8 Å². The van der Waals surface area contributed by atoms with Gasteiger partial charge in [-0.25, -0.2) is 0 Å². The third kappa shape index (κ3) is 5.79. The van der Waals surface area contributed by atoms with Gasteiger partial charge in [0.15, 0.2) is 18.4 Å². The van der Waals surface area contributed by atoms with Crippen LogP contribution in [0.15, 0.2) is 11.6 Å². The molecule has 0 amide bonds. The van der Waals surface area contributed by atoms with Crippen molar-refractivity contribution in [3.8, 4) is 0 Å². The fraction of sp³-hybridized carbons (Fsp3) is 0.949. The molecule has 1 spiro atoms. The molecule has 4 saturated heterocycles. The number of aliphatic hydroxyl groups excluding tert-OH is 7. The summed E-state index contributed by atoms with van der Waals surface area (Å²) in [6.45, 7) is 8.44. The van der Waals surface area contributed by atoms with Gasteiger partial charge in [-0.2, -0.15) is 0 Å². The zero-order valence-corrected chi connectivity index (χ0v) is 31.4. The molecule has 3 unspecified atom stereocenters. The SMILES string of the molecule is C[C@@H]1CC[C@@]2(OC1)OC1C[C@H]3C4CC=C5C[C@@H](O[C@@H]6O[C@H](CO)[C@@H](O[C@@H]7O[C@H](CO)[C@@H](O)[C@H](O)[C@H]7O)[C@H](O)[C@H]6O)CC[C@]5(C)C4CC[C@]3(C)[C@@]1(O)[C@@H]2C. The number of hydrogen-bond donors (Lipinski definition) is 8. The minimum Gasteiger partial charge on any atom is -0.394 e. The van der Waals surface area contributed by atoms with E-state index in [-0.39, 0.29) is 29.0 Å². The fourth-order valence-corrected chi connectivity index (χ4v) is 12.5. The summed E-state index contributed by atoms with van der Waals surface area (Å²) >= 11 is 0. The highest BCUT2D eigenvalue weighted by Gasteiger charge is 2.76. The number of ether oxygens (including phenoxy) is 6. The van der Waals surface area contributed by atoms with Gasteiger partial charge >= 0.3 is 0 Å². The van der Waals surface area contributed by atoms with Crippen molar-refractivity contribution in [1.82, 2.24) is 0 Å². The maximum absolute atomic E-state index is 12.7. The lowest BCUT2D eigenvalue weighted by Gasteiger charge is -2.60. The Morgan fingerprint density at radius 1 is 0.792 bits per heavy atom. The topological polar surface area (TPSA) is 217 Å². The molecular weight excluding hydrogens is 692 g/mol. The van der Waals surface area contributed by atoms with E-state index in [0.29, 0.717) is 43.1 Å². The van der Waals surface area contributed by atoms with Crippen molar-refractivity contribution >= 4 is 0 Å². The normalized spacial score (nSPS) is 58.0. The highest BCUT2D eigenvalue weighted by molar-refractivity contribution is 5.29. The Hall–Kier alpha value is -0.820. The van der Waals surface area contributed by atoms with Crippen LogP contribution in [0.25, 0.3) is 0 Å². The van der Waals surface area contributed by atoms with Gasteiger partial charge in [0.2, 0.25) is 0 Å². The second kappa shape index (κ2) is 13.9. The van der Waals surface area contributed by atoms with Crippen molar-refractivity contribution in [3.05, 3.63) is 11.6 Å². The molecule has 0 aromatic heterocycles. The van der Waals surface area contributed by atoms with E-state index in [1.165, 1.54) is 5.57 Å². The smallest absolute Gasteiger partial charge is 0.187 e. The highest BCUT2D eigenvalue weighted by Crippen LogP contribution is 2.72. The minimum atomic E-state index is -1.73. The zero-order valence-electron chi connectivity index (χ0n) is 31.4. The first-order valence-electron chi connectivity index (χ1n) is 20.1. The summed E-state index contributed by atoms with van der Waals surface area (Å²) in [6.07, 6.45) is -5.19. The summed E-state index contributed by atoms with van der Waals surface area (Å²) in [5, 5.41) is 85.4. The molecule has 7 fully saturated rings. The van der Waals surface area contributed by atoms with Gasteiger partial charge in [-0.1, -0.05) is 39.3 Å². The molecule has 0 bridgehead atoms. The Kier molecular flexibility index (Phi) is 10.3. The van der Waals surface area contributed by atoms with Crippen molar-refractivity contribution in [1.29, 1.82) is 0 Å². The van der Waals surface area contributed by atoms with Crippen LogP contribution in [-0.2, 0) is 28.4 Å². The molecule has 14 nitrogen and oxygen atoms in total. The van der Waals surface area contributed by atoms with Gasteiger partial charge in [0.05, 0.1) is 32.0 Å². The maximum Gasteiger partial charge on any atom is 0.187 e. The number of fused-ring (bicyclic) bond motifs is 7. The summed E-state index contributed by atoms with van der Waals surface area (Å²) in [5.41, 5.74) is 0.0943. The molecule has 3 saturated carbocycles. The number of hydrogen-bond acceptors (Lipinski definition) is 14. The van der Waals surface area contributed by atoms with Crippen molar-refractivity contribution in [3.63, 3.8) is 0 Å². The van der Waals surface area contributed by atoms with E-state index in [1.54, 1.807) is 0 Å². The third-order valence-electron chi connectivity index (χ3n) is 15.9. The lowest BCUT2D eigenvalue weighted by Crippen LogP contribution is -2.65. The molecule has 8 aliphatic rings. The summed E-state index contributed by atoms with van der Waals surface area (Å²) in [4.78, 5) is 0. The number of aliphatic hydroxyl groups is 8. The zero-order chi connectivity index (χ0) is 37.8. The van der Waals surface area contributed by atoms with Gasteiger partial charge in [-0.15, -0.1) is 0 Å². The average molecular weight is 755 g/mol. The lowest BCUT2D eigenvalue weighted by atomic mass is 9.46. The van der Waals surface area contributed by atoms with Crippen molar-refractivity contribution < 1.29 is 69.3 Å². The van der Waals surface area contributed by atoms with Crippen LogP contribution in [0.4, 0.5) is 0 Å². The van der Waals surface area contributed by atoms with Gasteiger partial charge in [0.25, 0.3) is 0 Å². The second-order valence-electron chi connectivity index (χ2n) is 18.4. The van der Waals surface area contributed by atoms with E-state index < -0.39 is 86.0 Å². The van der Waals surface area contributed by atoms with Gasteiger partial charge in [-0.05, 0) is 80.5 Å². The van der Waals surface area contributed by atoms with E-state index in [9.17, 15) is 40.9 Å². The molecule has 302 valence electrons. The molecule has 8 N–H and O–H groups in total. The first-order valence-corrected chi connectivity index (χ1v) is 20.1. The molecule has 53 heavy (non-hydrogen) atoms. The van der Waals surface area contributed by atoms with Crippen LogP contribution in [0, 0.1) is 40.4 Å². The molecule has 0 radical (unpaired) electrons. The third-order valence-corrected chi connectivity index (χ3v) is 15.9. The Balaban J connectivity index is 0.925. The molecule has 4 heterocycles. The van der Waals surface area contributed by atoms with Crippen LogP contribution in [0.2, 0.25) is 0 Å². The number of allylic oxidation sites excluding steroid dienone is 1. The Labute approximate surface area is 311 Å². The van der Waals surface area contributed by atoms with E-state index in [4.69, 9.17) is 28.4 Å². The molecule has 0 aromatic carbocycles. The lowest BCUT2D eigenvalue weighted by molar-refractivity contribution is -0.363. The Bertz CT molecular complexity index is 1370. The molecular formula is C39H62O14. The fourth-order valence-electron chi connectivity index (χ4n) is 12.5. The van der Waals surface area contributed by atoms with Crippen LogP contribution in [0.5, 0.6) is 0 Å². The maximum atomic E-state index is 12.7. The highest BCUT2D eigenvalue weighted by atomic mass is 16.7. The summed E-state index contributed by atoms with van der Waals surface area (Å²) in [5.74, 6) is 0.924. The quantitative estimate of drug-likeness (QED) is 0.173. The standard InChI is InChI=1S/C39H62O14/c1-18-7-12-38(48-17-18)19(2)39(47)27(53-38)14-24-22-6-5-20-13-21(8-10-36(20,3)23(22)9-11-37(24,39)4)49-34-32(46)30(44)33(26(16-41)51-34)52-35-31(45)29(43)28(42)25(15-40)50-35/h5,18-19,21-35,40-47H,6-17H2,1-4H3/t18-,19-,21+,22?,23?,24+,25-,26-,27?,28-,29+,30-,31-,32-,33-,34-,35+,36+,37+,38-,39-/m1/s1. The van der Waals surface area contributed by atoms with Crippen molar-refractivity contribution in [2.75, 3.05) is 19.8 Å². The van der Waals surface area contributed by atoms with Crippen molar-refractivity contribution in [2.45, 2.75) is 170 Å². The van der Waals surface area contributed by atoms with Gasteiger partial charge < -0.3 is 69.3 Å². The van der Waals surface area contributed by atoms with Crippen molar-refractivity contribution in [2.24, 2.45) is 40.4 Å². The summed E-state index contributed by atoms with van der Waals surface area (Å²) < 4.78 is 36.6. The van der Waals surface area contributed by atoms with Gasteiger partial charge in [-0.3, -0.25) is 0 Å². The van der Waals surface area contributed by atoms with Crippen LogP contribution < -0.4 is 0 Å². The molecule has 0 aromatic rings. The van der Waals surface area contributed by atoms with Crippen LogP contribution in [0.3, 0.4) is 0 Å².